The molecule has 0 aromatic rings. The highest BCUT2D eigenvalue weighted by atomic mass is 16.8. The van der Waals surface area contributed by atoms with Crippen molar-refractivity contribution in [1.82, 2.24) is 0 Å². The number of esters is 2. The molecule has 0 unspecified atom stereocenters. The molecule has 2 aliphatic rings. The Labute approximate surface area is 358 Å². The summed E-state index contributed by atoms with van der Waals surface area (Å²) in [6.45, 7) is 7.11. The van der Waals surface area contributed by atoms with E-state index >= 15 is 0 Å². The molecule has 11 nitrogen and oxygen atoms in total. The van der Waals surface area contributed by atoms with Gasteiger partial charge in [0, 0.05) is 12.8 Å². The van der Waals surface area contributed by atoms with Crippen LogP contribution in [0.25, 0.3) is 0 Å². The molecule has 344 valence electrons. The zero-order chi connectivity index (χ0) is 43.1. The van der Waals surface area contributed by atoms with Crippen molar-refractivity contribution < 1.29 is 53.7 Å². The molecule has 2 heterocycles. The molecule has 0 radical (unpaired) electrons. The molecule has 0 spiro atoms. The van der Waals surface area contributed by atoms with Crippen LogP contribution in [0, 0.1) is 0 Å². The highest BCUT2D eigenvalue weighted by Gasteiger charge is 2.56. The van der Waals surface area contributed by atoms with E-state index < -0.39 is 66.7 Å². The van der Waals surface area contributed by atoms with Gasteiger partial charge in [0.1, 0.15) is 37.1 Å². The third-order valence-corrected chi connectivity index (χ3v) is 11.7. The molecule has 2 rings (SSSR count). The molecule has 9 atom stereocenters. The van der Waals surface area contributed by atoms with Gasteiger partial charge in [0.05, 0.1) is 6.10 Å². The maximum atomic E-state index is 13.0. The Kier molecular flexibility index (Phi) is 29.6. The van der Waals surface area contributed by atoms with E-state index in [-0.39, 0.29) is 19.4 Å². The van der Waals surface area contributed by atoms with Gasteiger partial charge in [-0.1, -0.05) is 141 Å². The number of hydrogen-bond acceptors (Lipinski definition) is 11. The molecule has 2 saturated heterocycles. The van der Waals surface area contributed by atoms with Crippen molar-refractivity contribution in [3.05, 3.63) is 24.3 Å². The number of aliphatic hydroxyl groups excluding tert-OH is 4. The number of hydrogen-bond donors (Lipinski definition) is 4. The van der Waals surface area contributed by atoms with Gasteiger partial charge < -0.3 is 44.1 Å². The Hall–Kier alpha value is -1.86. The Balaban J connectivity index is 1.73. The summed E-state index contributed by atoms with van der Waals surface area (Å²) in [5, 5.41) is 43.3. The minimum absolute atomic E-state index is 0.105. The summed E-state index contributed by atoms with van der Waals surface area (Å²) in [6, 6.07) is 0. The van der Waals surface area contributed by atoms with Gasteiger partial charge in [0.25, 0.3) is 0 Å². The first kappa shape index (κ1) is 53.3. The second-order valence-electron chi connectivity index (χ2n) is 17.2. The van der Waals surface area contributed by atoms with Crippen molar-refractivity contribution in [2.75, 3.05) is 6.61 Å². The van der Waals surface area contributed by atoms with Crippen molar-refractivity contribution >= 4 is 11.9 Å². The van der Waals surface area contributed by atoms with Crippen molar-refractivity contribution in [3.63, 3.8) is 0 Å². The van der Waals surface area contributed by atoms with Crippen LogP contribution in [0.1, 0.15) is 207 Å². The van der Waals surface area contributed by atoms with Crippen LogP contribution >= 0.6 is 0 Å². The van der Waals surface area contributed by atoms with Gasteiger partial charge in [-0.05, 0) is 78.1 Å². The molecule has 0 saturated carbocycles. The maximum absolute atomic E-state index is 13.0. The van der Waals surface area contributed by atoms with Gasteiger partial charge >= 0.3 is 11.9 Å². The van der Waals surface area contributed by atoms with Crippen LogP contribution in [0.15, 0.2) is 24.3 Å². The number of ether oxygens (including phenoxy) is 5. The van der Waals surface area contributed by atoms with Crippen LogP contribution in [0.5, 0.6) is 0 Å². The lowest BCUT2D eigenvalue weighted by atomic mass is 9.98. The molecule has 2 fully saturated rings. The van der Waals surface area contributed by atoms with Crippen LogP contribution in [-0.2, 0) is 33.3 Å². The molecule has 0 aliphatic carbocycles. The summed E-state index contributed by atoms with van der Waals surface area (Å²) < 4.78 is 28.8. The van der Waals surface area contributed by atoms with E-state index in [1.807, 2.05) is 0 Å². The third-order valence-electron chi connectivity index (χ3n) is 11.7. The molecular weight excluding hydrogens is 753 g/mol. The van der Waals surface area contributed by atoms with Crippen molar-refractivity contribution in [3.8, 4) is 0 Å². The third kappa shape index (κ3) is 22.7. The lowest BCUT2D eigenvalue weighted by Crippen LogP contribution is -2.63. The summed E-state index contributed by atoms with van der Waals surface area (Å²) in [4.78, 5) is 25.6. The fourth-order valence-corrected chi connectivity index (χ4v) is 7.81. The average Bonchev–Trinajstić information content (AvgIpc) is 3.41. The van der Waals surface area contributed by atoms with E-state index in [2.05, 4.69) is 38.2 Å². The summed E-state index contributed by atoms with van der Waals surface area (Å²) in [5.41, 5.74) is 0. The van der Waals surface area contributed by atoms with Crippen LogP contribution in [0.2, 0.25) is 0 Å². The molecule has 2 aliphatic heterocycles. The summed E-state index contributed by atoms with van der Waals surface area (Å²) >= 11 is 0. The number of aliphatic hydroxyl groups is 4. The Morgan fingerprint density at radius 2 is 1.00 bits per heavy atom. The first-order valence-electron chi connectivity index (χ1n) is 23.9. The van der Waals surface area contributed by atoms with Gasteiger partial charge in [-0.15, -0.1) is 0 Å². The largest absolute Gasteiger partial charge is 0.463 e. The number of carbonyl (C=O) groups is 2. The highest BCUT2D eigenvalue weighted by molar-refractivity contribution is 5.70. The number of rotatable bonds is 35. The normalized spacial score (nSPS) is 27.3. The average molecular weight is 839 g/mol. The minimum atomic E-state index is -1.77. The van der Waals surface area contributed by atoms with Crippen molar-refractivity contribution in [1.29, 1.82) is 0 Å². The van der Waals surface area contributed by atoms with Crippen LogP contribution < -0.4 is 0 Å². The molecule has 59 heavy (non-hydrogen) atoms. The molecule has 0 bridgehead atoms. The SMILES string of the molecule is CCCCCCCC/C=C\CCCCCCCC(=O)OC[C@H]1O[C@H](O[C@]2(C)O[C@H](C)[C@@H](O)[C@@H]2O)[C@H](OC(=O)CCCCCCC/C=C\CCCCCCCC)[C@@H](O)[C@@H]1O. The van der Waals surface area contributed by atoms with Gasteiger partial charge in [-0.2, -0.15) is 0 Å². The summed E-state index contributed by atoms with van der Waals surface area (Å²) in [6.07, 6.45) is 28.3. The second-order valence-corrected chi connectivity index (χ2v) is 17.2. The molecule has 0 aromatic carbocycles. The summed E-state index contributed by atoms with van der Waals surface area (Å²) in [5.74, 6) is -2.81. The number of allylic oxidation sites excluding steroid dienone is 4. The van der Waals surface area contributed by atoms with Crippen LogP contribution in [0.4, 0.5) is 0 Å². The maximum Gasteiger partial charge on any atom is 0.306 e. The van der Waals surface area contributed by atoms with E-state index in [4.69, 9.17) is 23.7 Å². The predicted molar refractivity (Wildman–Crippen MR) is 232 cm³/mol. The van der Waals surface area contributed by atoms with E-state index in [1.54, 1.807) is 6.92 Å². The van der Waals surface area contributed by atoms with Gasteiger partial charge in [-0.3, -0.25) is 9.59 Å². The van der Waals surface area contributed by atoms with Crippen LogP contribution in [-0.4, -0.2) is 93.8 Å². The monoisotopic (exact) mass is 839 g/mol. The Morgan fingerprint density at radius 3 is 1.44 bits per heavy atom. The number of carbonyl (C=O) groups excluding carboxylic acids is 2. The quantitative estimate of drug-likeness (QED) is 0.0273. The summed E-state index contributed by atoms with van der Waals surface area (Å²) in [7, 11) is 0. The highest BCUT2D eigenvalue weighted by Crippen LogP contribution is 2.36. The second kappa shape index (κ2) is 32.8. The van der Waals surface area contributed by atoms with E-state index in [9.17, 15) is 30.0 Å². The number of unbranched alkanes of at least 4 members (excludes halogenated alkanes) is 22. The Morgan fingerprint density at radius 1 is 0.576 bits per heavy atom. The van der Waals surface area contributed by atoms with Crippen LogP contribution in [0.3, 0.4) is 0 Å². The molecule has 11 heteroatoms. The molecule has 4 N–H and O–H groups in total. The predicted octanol–water partition coefficient (Wildman–Crippen LogP) is 9.84. The van der Waals surface area contributed by atoms with Crippen molar-refractivity contribution in [2.24, 2.45) is 0 Å². The smallest absolute Gasteiger partial charge is 0.306 e. The zero-order valence-electron chi connectivity index (χ0n) is 37.6. The lowest BCUT2D eigenvalue weighted by Gasteiger charge is -2.44. The van der Waals surface area contributed by atoms with Crippen molar-refractivity contribution in [2.45, 2.75) is 262 Å². The van der Waals surface area contributed by atoms with E-state index in [0.29, 0.717) is 12.8 Å². The standard InChI is InChI=1S/C48H86O11/c1-5-7-9-11-13-15-17-19-21-23-25-27-29-31-33-35-40(49)55-37-39-43(52)44(53)45(47(56-39)59-48(4)46(54)42(51)38(3)58-48)57-41(50)36-34-32-30-28-26-24-22-20-18-16-14-12-10-8-6-2/h19-22,38-39,42-47,51-54H,5-18,23-37H2,1-4H3/b21-19-,22-20-/t38-,39-,42-,43-,44+,45-,46+,47-,48+/m1/s1. The fourth-order valence-electron chi connectivity index (χ4n) is 7.81. The molecular formula is C48H86O11. The zero-order valence-corrected chi connectivity index (χ0v) is 37.6. The van der Waals surface area contributed by atoms with E-state index in [1.165, 1.54) is 84.0 Å². The van der Waals surface area contributed by atoms with Gasteiger partial charge in [0.15, 0.2) is 11.9 Å². The fraction of sp³-hybridized carbons (Fsp3) is 0.875. The first-order valence-corrected chi connectivity index (χ1v) is 23.9. The molecule has 0 amide bonds. The minimum Gasteiger partial charge on any atom is -0.463 e. The van der Waals surface area contributed by atoms with Gasteiger partial charge in [-0.25, -0.2) is 0 Å². The topological polar surface area (TPSA) is 161 Å². The van der Waals surface area contributed by atoms with E-state index in [0.717, 1.165) is 77.0 Å². The first-order chi connectivity index (χ1) is 28.5. The molecule has 0 aromatic heterocycles. The Bertz CT molecular complexity index is 1130. The lowest BCUT2D eigenvalue weighted by molar-refractivity contribution is -0.372. The van der Waals surface area contributed by atoms with Gasteiger partial charge in [0.2, 0.25) is 6.29 Å².